The second-order valence-electron chi connectivity index (χ2n) is 7.31. The summed E-state index contributed by atoms with van der Waals surface area (Å²) in [5.41, 5.74) is 2.91. The first-order valence-corrected chi connectivity index (χ1v) is 9.91. The molecule has 1 N–H and O–H groups in total. The van der Waals surface area contributed by atoms with Crippen molar-refractivity contribution in [3.05, 3.63) is 53.1 Å². The summed E-state index contributed by atoms with van der Waals surface area (Å²) in [5, 5.41) is 2.94. The highest BCUT2D eigenvalue weighted by atomic mass is 16.5. The van der Waals surface area contributed by atoms with Crippen LogP contribution >= 0.6 is 0 Å². The normalized spacial score (nSPS) is 16.2. The van der Waals surface area contributed by atoms with E-state index in [1.165, 1.54) is 7.11 Å². The van der Waals surface area contributed by atoms with Gasteiger partial charge in [-0.2, -0.15) is 0 Å². The highest BCUT2D eigenvalue weighted by molar-refractivity contribution is 5.96. The molecule has 7 nitrogen and oxygen atoms in total. The van der Waals surface area contributed by atoms with Crippen LogP contribution in [0, 0.1) is 6.92 Å². The number of anilines is 1. The topological polar surface area (TPSA) is 77.1 Å². The standard InChI is InChI=1S/C23H28N2O5/c1-15-7-8-16(23(27)30-4)12-19(15)24-22(26)14-25-11-5-6-20(25)18-13-17(28-2)9-10-21(18)29-3/h7-10,12-13,20H,5-6,11,14H2,1-4H3,(H,24,26)/t20-/m1/s1. The number of rotatable bonds is 7. The smallest absolute Gasteiger partial charge is 0.337 e. The predicted octanol–water partition coefficient (Wildman–Crippen LogP) is 3.57. The fourth-order valence-electron chi connectivity index (χ4n) is 3.84. The van der Waals surface area contributed by atoms with E-state index in [4.69, 9.17) is 14.2 Å². The zero-order valence-electron chi connectivity index (χ0n) is 17.9. The minimum atomic E-state index is -0.435. The Kier molecular flexibility index (Phi) is 6.95. The molecule has 1 atom stereocenters. The van der Waals surface area contributed by atoms with Crippen molar-refractivity contribution < 1.29 is 23.8 Å². The van der Waals surface area contributed by atoms with E-state index in [-0.39, 0.29) is 18.5 Å². The number of methoxy groups -OCH3 is 3. The zero-order valence-corrected chi connectivity index (χ0v) is 17.9. The molecule has 0 unspecified atom stereocenters. The molecule has 0 spiro atoms. The van der Waals surface area contributed by atoms with Gasteiger partial charge in [-0.1, -0.05) is 6.07 Å². The van der Waals surface area contributed by atoms with Gasteiger partial charge < -0.3 is 19.5 Å². The molecule has 3 rings (SSSR count). The molecule has 2 aromatic rings. The number of likely N-dealkylation sites (tertiary alicyclic amines) is 1. The number of aryl methyl sites for hydroxylation is 1. The molecule has 1 saturated heterocycles. The minimum Gasteiger partial charge on any atom is -0.497 e. The fraction of sp³-hybridized carbons (Fsp3) is 0.391. The average Bonchev–Trinajstić information content (AvgIpc) is 3.21. The zero-order chi connectivity index (χ0) is 21.7. The van der Waals surface area contributed by atoms with Crippen molar-refractivity contribution in [3.8, 4) is 11.5 Å². The molecular formula is C23H28N2O5. The molecule has 1 amide bonds. The highest BCUT2D eigenvalue weighted by Crippen LogP contribution is 2.38. The van der Waals surface area contributed by atoms with Gasteiger partial charge in [0.05, 0.1) is 33.4 Å². The van der Waals surface area contributed by atoms with Gasteiger partial charge >= 0.3 is 5.97 Å². The van der Waals surface area contributed by atoms with Crippen molar-refractivity contribution in [1.29, 1.82) is 0 Å². The van der Waals surface area contributed by atoms with E-state index in [1.807, 2.05) is 25.1 Å². The first-order chi connectivity index (χ1) is 14.5. The lowest BCUT2D eigenvalue weighted by Gasteiger charge is -2.26. The fourth-order valence-corrected chi connectivity index (χ4v) is 3.84. The van der Waals surface area contributed by atoms with Crippen LogP contribution in [0.25, 0.3) is 0 Å². The summed E-state index contributed by atoms with van der Waals surface area (Å²) in [6, 6.07) is 10.9. The number of hydrogen-bond acceptors (Lipinski definition) is 6. The Hall–Kier alpha value is -3.06. The first-order valence-electron chi connectivity index (χ1n) is 9.91. The van der Waals surface area contributed by atoms with Gasteiger partial charge in [-0.05, 0) is 62.2 Å². The van der Waals surface area contributed by atoms with E-state index in [2.05, 4.69) is 10.2 Å². The van der Waals surface area contributed by atoms with Crippen LogP contribution in [0.5, 0.6) is 11.5 Å². The maximum absolute atomic E-state index is 12.8. The van der Waals surface area contributed by atoms with Crippen LogP contribution in [0.15, 0.2) is 36.4 Å². The van der Waals surface area contributed by atoms with Crippen LogP contribution in [-0.2, 0) is 9.53 Å². The Morgan fingerprint density at radius 3 is 2.60 bits per heavy atom. The Labute approximate surface area is 176 Å². The second-order valence-corrected chi connectivity index (χ2v) is 7.31. The number of nitrogens with zero attached hydrogens (tertiary/aromatic N) is 1. The predicted molar refractivity (Wildman–Crippen MR) is 114 cm³/mol. The van der Waals surface area contributed by atoms with Gasteiger partial charge in [-0.15, -0.1) is 0 Å². The molecule has 30 heavy (non-hydrogen) atoms. The van der Waals surface area contributed by atoms with Crippen LogP contribution in [0.2, 0.25) is 0 Å². The lowest BCUT2D eigenvalue weighted by molar-refractivity contribution is -0.117. The van der Waals surface area contributed by atoms with Gasteiger partial charge in [0.15, 0.2) is 0 Å². The van der Waals surface area contributed by atoms with E-state index >= 15 is 0 Å². The highest BCUT2D eigenvalue weighted by Gasteiger charge is 2.30. The van der Waals surface area contributed by atoms with E-state index in [0.717, 1.165) is 42.0 Å². The maximum Gasteiger partial charge on any atom is 0.337 e. The van der Waals surface area contributed by atoms with Crippen LogP contribution in [-0.4, -0.2) is 51.2 Å². The number of nitrogens with one attached hydrogen (secondary N) is 1. The molecule has 0 aliphatic carbocycles. The summed E-state index contributed by atoms with van der Waals surface area (Å²) in [4.78, 5) is 26.7. The Bertz CT molecular complexity index is 928. The van der Waals surface area contributed by atoms with Crippen LogP contribution in [0.3, 0.4) is 0 Å². The third kappa shape index (κ3) is 4.74. The molecule has 1 heterocycles. The number of ether oxygens (including phenoxy) is 3. The molecule has 1 fully saturated rings. The van der Waals surface area contributed by atoms with E-state index in [0.29, 0.717) is 11.3 Å². The van der Waals surface area contributed by atoms with Crippen LogP contribution < -0.4 is 14.8 Å². The van der Waals surface area contributed by atoms with Crippen molar-refractivity contribution in [2.75, 3.05) is 39.7 Å². The lowest BCUT2D eigenvalue weighted by atomic mass is 10.0. The monoisotopic (exact) mass is 412 g/mol. The summed E-state index contributed by atoms with van der Waals surface area (Å²) in [6.07, 6.45) is 1.93. The summed E-state index contributed by atoms with van der Waals surface area (Å²) >= 11 is 0. The molecule has 1 aliphatic heterocycles. The summed E-state index contributed by atoms with van der Waals surface area (Å²) in [6.45, 7) is 2.95. The number of benzene rings is 2. The average molecular weight is 412 g/mol. The first kappa shape index (κ1) is 21.6. The summed E-state index contributed by atoms with van der Waals surface area (Å²) in [7, 11) is 4.62. The molecular weight excluding hydrogens is 384 g/mol. The maximum atomic E-state index is 12.8. The van der Waals surface area contributed by atoms with Gasteiger partial charge in [0.25, 0.3) is 0 Å². The molecule has 0 saturated carbocycles. The number of amides is 1. The molecule has 1 aliphatic rings. The number of esters is 1. The quantitative estimate of drug-likeness (QED) is 0.701. The third-order valence-corrected chi connectivity index (χ3v) is 5.44. The second kappa shape index (κ2) is 9.63. The molecule has 0 aromatic heterocycles. The number of hydrogen-bond donors (Lipinski definition) is 1. The Morgan fingerprint density at radius 2 is 1.90 bits per heavy atom. The number of carbonyl (C=O) groups excluding carboxylic acids is 2. The van der Waals surface area contributed by atoms with Gasteiger partial charge in [-0.25, -0.2) is 4.79 Å². The van der Waals surface area contributed by atoms with Crippen molar-refractivity contribution in [2.24, 2.45) is 0 Å². The third-order valence-electron chi connectivity index (χ3n) is 5.44. The van der Waals surface area contributed by atoms with Gasteiger partial charge in [-0.3, -0.25) is 9.69 Å². The van der Waals surface area contributed by atoms with Gasteiger partial charge in [0.1, 0.15) is 11.5 Å². The molecule has 7 heteroatoms. The Morgan fingerprint density at radius 1 is 1.10 bits per heavy atom. The van der Waals surface area contributed by atoms with Gasteiger partial charge in [0.2, 0.25) is 5.91 Å². The van der Waals surface area contributed by atoms with E-state index < -0.39 is 5.97 Å². The van der Waals surface area contributed by atoms with Crippen LogP contribution in [0.1, 0.15) is 40.4 Å². The number of carbonyl (C=O) groups is 2. The summed E-state index contributed by atoms with van der Waals surface area (Å²) < 4.78 is 15.7. The minimum absolute atomic E-state index is 0.0725. The lowest BCUT2D eigenvalue weighted by Crippen LogP contribution is -2.33. The molecule has 2 aromatic carbocycles. The molecule has 0 radical (unpaired) electrons. The Balaban J connectivity index is 1.75. The van der Waals surface area contributed by atoms with Crippen molar-refractivity contribution in [3.63, 3.8) is 0 Å². The van der Waals surface area contributed by atoms with Crippen molar-refractivity contribution >= 4 is 17.6 Å². The largest absolute Gasteiger partial charge is 0.497 e. The SMILES string of the molecule is COC(=O)c1ccc(C)c(NC(=O)CN2CCC[C@@H]2c2cc(OC)ccc2OC)c1. The van der Waals surface area contributed by atoms with Crippen LogP contribution in [0.4, 0.5) is 5.69 Å². The van der Waals surface area contributed by atoms with E-state index in [1.54, 1.807) is 32.4 Å². The molecule has 160 valence electrons. The summed E-state index contributed by atoms with van der Waals surface area (Å²) in [5.74, 6) is 0.983. The van der Waals surface area contributed by atoms with Gasteiger partial charge in [0, 0.05) is 17.3 Å². The molecule has 0 bridgehead atoms. The van der Waals surface area contributed by atoms with Crippen molar-refractivity contribution in [2.45, 2.75) is 25.8 Å². The van der Waals surface area contributed by atoms with E-state index in [9.17, 15) is 9.59 Å². The van der Waals surface area contributed by atoms with Crippen molar-refractivity contribution in [1.82, 2.24) is 4.90 Å².